The van der Waals surface area contributed by atoms with E-state index in [1.165, 1.54) is 6.92 Å². The number of rotatable bonds is 6. The quantitative estimate of drug-likeness (QED) is 0.242. The summed E-state index contributed by atoms with van der Waals surface area (Å²) in [7, 11) is 0.971. The summed E-state index contributed by atoms with van der Waals surface area (Å²) < 4.78 is 130. The van der Waals surface area contributed by atoms with E-state index in [1.54, 1.807) is 6.92 Å². The number of anilines is 1. The molecule has 0 N–H and O–H groups in total. The fourth-order valence-corrected chi connectivity index (χ4v) is 4.56. The second-order valence-corrected chi connectivity index (χ2v) is 9.13. The molecular formula is C26H25F9N2O5. The molecule has 16 heteroatoms. The lowest BCUT2D eigenvalue weighted by atomic mass is 9.88. The third kappa shape index (κ3) is 7.20. The summed E-state index contributed by atoms with van der Waals surface area (Å²) in [6.07, 6.45) is -17.3. The van der Waals surface area contributed by atoms with Crippen molar-refractivity contribution >= 4 is 17.9 Å². The largest absolute Gasteiger partial charge is 0.449 e. The Balaban J connectivity index is 2.00. The predicted octanol–water partition coefficient (Wildman–Crippen LogP) is 8.13. The van der Waals surface area contributed by atoms with Gasteiger partial charge in [-0.1, -0.05) is 6.92 Å². The van der Waals surface area contributed by atoms with E-state index in [4.69, 9.17) is 14.3 Å². The zero-order chi connectivity index (χ0) is 31.6. The highest BCUT2D eigenvalue weighted by atomic mass is 19.4. The maximum Gasteiger partial charge on any atom is 0.434 e. The number of hydrogen-bond acceptors (Lipinski definition) is 5. The van der Waals surface area contributed by atoms with Gasteiger partial charge < -0.3 is 9.47 Å². The minimum atomic E-state index is -5.14. The van der Waals surface area contributed by atoms with E-state index in [1.807, 2.05) is 0 Å². The fraction of sp³-hybridized carbons (Fsp3) is 0.462. The Kier molecular flexibility index (Phi) is 9.59. The molecule has 2 unspecified atom stereocenters. The van der Waals surface area contributed by atoms with Crippen LogP contribution in [0.25, 0.3) is 0 Å². The Bertz CT molecular complexity index is 1260. The van der Waals surface area contributed by atoms with Gasteiger partial charge in [0, 0.05) is 11.6 Å². The molecule has 0 aliphatic carbocycles. The van der Waals surface area contributed by atoms with Crippen molar-refractivity contribution in [3.05, 3.63) is 64.2 Å². The topological polar surface area (TPSA) is 68.3 Å². The van der Waals surface area contributed by atoms with E-state index in [9.17, 15) is 49.1 Å². The molecule has 2 atom stereocenters. The summed E-state index contributed by atoms with van der Waals surface area (Å²) in [5, 5.41) is 0.516. The Hall–Kier alpha value is -3.69. The first-order chi connectivity index (χ1) is 19.4. The van der Waals surface area contributed by atoms with Crippen LogP contribution in [0, 0.1) is 0 Å². The SMILES string of the molecule is CCOC(=O)N1c2ccc(C(F)(F)F)cc2C(N(OC)C(=O)OCc2cc(C(F)(F)F)cc(C(F)(F)F)c2)CC1CC. The number of carbonyl (C=O) groups is 2. The van der Waals surface area contributed by atoms with Crippen LogP contribution >= 0.6 is 0 Å². The number of fused-ring (bicyclic) bond motifs is 1. The molecule has 0 spiro atoms. The number of nitrogens with zero attached hydrogens (tertiary/aromatic N) is 2. The molecule has 0 radical (unpaired) electrons. The summed E-state index contributed by atoms with van der Waals surface area (Å²) in [6.45, 7) is 2.11. The number of halogens is 9. The van der Waals surface area contributed by atoms with Crippen LogP contribution in [0.4, 0.5) is 54.8 Å². The van der Waals surface area contributed by atoms with E-state index in [0.717, 1.165) is 24.1 Å². The first-order valence-electron chi connectivity index (χ1n) is 12.4. The number of benzene rings is 2. The van der Waals surface area contributed by atoms with Gasteiger partial charge >= 0.3 is 30.7 Å². The molecule has 0 bridgehead atoms. The van der Waals surface area contributed by atoms with Crippen LogP contribution < -0.4 is 4.90 Å². The number of hydroxylamine groups is 2. The van der Waals surface area contributed by atoms with E-state index >= 15 is 0 Å². The standard InChI is InChI=1S/C26H25F9N2O5/c1-4-18-12-21(19-11-15(24(27,28)29)6-7-20(19)36(18)22(38)41-5-2)37(40-3)23(39)42-13-14-8-16(25(30,31)32)10-17(9-14)26(33,34)35/h6-11,18,21H,4-5,12-13H2,1-3H3. The van der Waals surface area contributed by atoms with Crippen molar-refractivity contribution < 1.29 is 63.4 Å². The molecule has 42 heavy (non-hydrogen) atoms. The average Bonchev–Trinajstić information content (AvgIpc) is 2.90. The van der Waals surface area contributed by atoms with Crippen LogP contribution in [0.3, 0.4) is 0 Å². The van der Waals surface area contributed by atoms with Crippen LogP contribution in [0.15, 0.2) is 36.4 Å². The Labute approximate surface area is 233 Å². The molecule has 0 aromatic heterocycles. The molecule has 1 aliphatic rings. The highest BCUT2D eigenvalue weighted by Crippen LogP contribution is 2.45. The number of alkyl halides is 9. The molecule has 0 saturated carbocycles. The van der Waals surface area contributed by atoms with Gasteiger partial charge in [-0.3, -0.25) is 9.74 Å². The van der Waals surface area contributed by atoms with Crippen LogP contribution in [-0.2, 0) is 39.4 Å². The van der Waals surface area contributed by atoms with Gasteiger partial charge in [0.2, 0.25) is 0 Å². The van der Waals surface area contributed by atoms with Crippen LogP contribution in [0.5, 0.6) is 0 Å². The smallest absolute Gasteiger partial charge is 0.434 e. The summed E-state index contributed by atoms with van der Waals surface area (Å²) >= 11 is 0. The molecule has 2 amide bonds. The number of amides is 2. The molecule has 1 aliphatic heterocycles. The van der Waals surface area contributed by atoms with Gasteiger partial charge in [-0.25, -0.2) is 9.59 Å². The molecule has 3 rings (SSSR count). The third-order valence-electron chi connectivity index (χ3n) is 6.44. The molecule has 0 saturated heterocycles. The fourth-order valence-electron chi connectivity index (χ4n) is 4.56. The van der Waals surface area contributed by atoms with Gasteiger partial charge in [0.15, 0.2) is 0 Å². The number of hydrogen-bond donors (Lipinski definition) is 0. The maximum absolute atomic E-state index is 13.6. The van der Waals surface area contributed by atoms with Gasteiger partial charge in [-0.2, -0.15) is 44.6 Å². The number of ether oxygens (including phenoxy) is 2. The van der Waals surface area contributed by atoms with Crippen molar-refractivity contribution in [1.29, 1.82) is 0 Å². The van der Waals surface area contributed by atoms with Crippen molar-refractivity contribution in [3.8, 4) is 0 Å². The molecule has 2 aromatic rings. The molecule has 7 nitrogen and oxygen atoms in total. The molecular weight excluding hydrogens is 591 g/mol. The summed E-state index contributed by atoms with van der Waals surface area (Å²) in [6, 6.07) is 1.12. The monoisotopic (exact) mass is 616 g/mol. The minimum absolute atomic E-state index is 0.0212. The highest BCUT2D eigenvalue weighted by Gasteiger charge is 2.43. The highest BCUT2D eigenvalue weighted by molar-refractivity contribution is 5.90. The maximum atomic E-state index is 13.6. The van der Waals surface area contributed by atoms with Crippen LogP contribution in [0.2, 0.25) is 0 Å². The molecule has 232 valence electrons. The first kappa shape index (κ1) is 32.8. The lowest BCUT2D eigenvalue weighted by Gasteiger charge is -2.42. The van der Waals surface area contributed by atoms with E-state index in [2.05, 4.69) is 0 Å². The molecule has 2 aromatic carbocycles. The van der Waals surface area contributed by atoms with Crippen molar-refractivity contribution in [2.24, 2.45) is 0 Å². The van der Waals surface area contributed by atoms with Crippen LogP contribution in [-0.4, -0.2) is 37.0 Å². The second kappa shape index (κ2) is 12.3. The van der Waals surface area contributed by atoms with E-state index < -0.39 is 71.7 Å². The lowest BCUT2D eigenvalue weighted by Crippen LogP contribution is -2.48. The Morgan fingerprint density at radius 2 is 1.43 bits per heavy atom. The average molecular weight is 616 g/mol. The summed E-state index contributed by atoms with van der Waals surface area (Å²) in [5.74, 6) is 0. The van der Waals surface area contributed by atoms with Crippen molar-refractivity contribution in [3.63, 3.8) is 0 Å². The van der Waals surface area contributed by atoms with Gasteiger partial charge in [0.05, 0.1) is 42.1 Å². The lowest BCUT2D eigenvalue weighted by molar-refractivity contribution is -0.145. The van der Waals surface area contributed by atoms with Crippen LogP contribution in [0.1, 0.15) is 60.5 Å². The zero-order valence-electron chi connectivity index (χ0n) is 22.3. The summed E-state index contributed by atoms with van der Waals surface area (Å²) in [4.78, 5) is 32.0. The van der Waals surface area contributed by atoms with Gasteiger partial charge in [0.25, 0.3) is 0 Å². The molecule has 1 heterocycles. The number of carbonyl (C=O) groups excluding carboxylic acids is 2. The Morgan fingerprint density at radius 3 is 1.90 bits per heavy atom. The van der Waals surface area contributed by atoms with Gasteiger partial charge in [-0.15, -0.1) is 0 Å². The predicted molar refractivity (Wildman–Crippen MR) is 128 cm³/mol. The van der Waals surface area contributed by atoms with Gasteiger partial charge in [-0.05, 0) is 61.7 Å². The summed E-state index contributed by atoms with van der Waals surface area (Å²) in [5.41, 5.74) is -5.22. The zero-order valence-corrected chi connectivity index (χ0v) is 22.3. The molecule has 0 fully saturated rings. The van der Waals surface area contributed by atoms with Gasteiger partial charge in [0.1, 0.15) is 6.61 Å². The van der Waals surface area contributed by atoms with Crippen molar-refractivity contribution in [2.45, 2.75) is 63.9 Å². The second-order valence-electron chi connectivity index (χ2n) is 9.13. The third-order valence-corrected chi connectivity index (χ3v) is 6.44. The minimum Gasteiger partial charge on any atom is -0.449 e. The van der Waals surface area contributed by atoms with E-state index in [0.29, 0.717) is 23.3 Å². The normalized spacial score (nSPS) is 17.5. The Morgan fingerprint density at radius 1 is 0.857 bits per heavy atom. The van der Waals surface area contributed by atoms with Crippen molar-refractivity contribution in [1.82, 2.24) is 5.06 Å². The van der Waals surface area contributed by atoms with E-state index in [-0.39, 0.29) is 36.8 Å². The first-order valence-corrected chi connectivity index (χ1v) is 12.4. The van der Waals surface area contributed by atoms with Crippen molar-refractivity contribution in [2.75, 3.05) is 18.6 Å².